The number of pyridine rings is 1. The predicted molar refractivity (Wildman–Crippen MR) is 122 cm³/mol. The molecular weight excluding hydrogens is 408 g/mol. The van der Waals surface area contributed by atoms with Crippen LogP contribution in [0.15, 0.2) is 30.5 Å². The molecule has 8 heteroatoms. The maximum Gasteiger partial charge on any atom is 0.254 e. The number of carbonyl (C=O) groups is 1. The van der Waals surface area contributed by atoms with Gasteiger partial charge in [0.1, 0.15) is 11.3 Å². The first-order valence-electron chi connectivity index (χ1n) is 11.0. The van der Waals surface area contributed by atoms with Crippen LogP contribution in [0.2, 0.25) is 0 Å². The van der Waals surface area contributed by atoms with Crippen LogP contribution in [0.3, 0.4) is 0 Å². The fourth-order valence-electron chi connectivity index (χ4n) is 4.47. The van der Waals surface area contributed by atoms with Crippen LogP contribution in [0, 0.1) is 0 Å². The lowest BCUT2D eigenvalue weighted by atomic mass is 10.0. The first-order chi connectivity index (χ1) is 15.6. The Kier molecular flexibility index (Phi) is 6.48. The second-order valence-electron chi connectivity index (χ2n) is 7.93. The Labute approximate surface area is 188 Å². The van der Waals surface area contributed by atoms with Gasteiger partial charge in [0.15, 0.2) is 17.1 Å². The summed E-state index contributed by atoms with van der Waals surface area (Å²) in [6.07, 6.45) is 5.48. The quantitative estimate of drug-likeness (QED) is 0.557. The lowest BCUT2D eigenvalue weighted by Gasteiger charge is -2.33. The lowest BCUT2D eigenvalue weighted by Crippen LogP contribution is -2.39. The van der Waals surface area contributed by atoms with Crippen molar-refractivity contribution in [1.29, 1.82) is 0 Å². The number of aryl methyl sites for hydroxylation is 1. The summed E-state index contributed by atoms with van der Waals surface area (Å²) in [6, 6.07) is 7.64. The molecule has 0 radical (unpaired) electrons. The summed E-state index contributed by atoms with van der Waals surface area (Å²) < 4.78 is 18.5. The Hall–Kier alpha value is -3.29. The van der Waals surface area contributed by atoms with Crippen molar-refractivity contribution in [3.05, 3.63) is 41.9 Å². The molecule has 1 aliphatic rings. The summed E-state index contributed by atoms with van der Waals surface area (Å²) >= 11 is 0. The molecule has 0 bridgehead atoms. The molecule has 3 aromatic rings. The minimum Gasteiger partial charge on any atom is -0.493 e. The van der Waals surface area contributed by atoms with Gasteiger partial charge < -0.3 is 23.7 Å². The number of aromatic nitrogens is 3. The summed E-state index contributed by atoms with van der Waals surface area (Å²) in [5, 5.41) is 0. The van der Waals surface area contributed by atoms with Crippen LogP contribution in [-0.4, -0.2) is 59.8 Å². The minimum atomic E-state index is -0.0369. The van der Waals surface area contributed by atoms with Gasteiger partial charge in [-0.2, -0.15) is 0 Å². The van der Waals surface area contributed by atoms with Crippen molar-refractivity contribution >= 4 is 17.1 Å². The molecule has 1 aromatic carbocycles. The standard InChI is InChI=1S/C24H30N4O4/c1-5-7-21-26-18-8-6-11-25-23(18)28(21)17-9-12-27(13-10-17)24(29)16-14-19(30-2)22(32-4)20(15-16)31-3/h6,8,11,14-15,17H,5,7,9-10,12-13H2,1-4H3. The third-order valence-electron chi connectivity index (χ3n) is 6.02. The van der Waals surface area contributed by atoms with E-state index in [-0.39, 0.29) is 11.9 Å². The second-order valence-corrected chi connectivity index (χ2v) is 7.93. The van der Waals surface area contributed by atoms with Crippen molar-refractivity contribution < 1.29 is 19.0 Å². The topological polar surface area (TPSA) is 78.7 Å². The molecule has 3 heterocycles. The van der Waals surface area contributed by atoms with E-state index in [0.717, 1.165) is 42.7 Å². The van der Waals surface area contributed by atoms with Crippen molar-refractivity contribution in [3.8, 4) is 17.2 Å². The second kappa shape index (κ2) is 9.46. The van der Waals surface area contributed by atoms with Crippen LogP contribution in [0.1, 0.15) is 48.4 Å². The summed E-state index contributed by atoms with van der Waals surface area (Å²) in [6.45, 7) is 3.49. The molecule has 0 saturated carbocycles. The van der Waals surface area contributed by atoms with Gasteiger partial charge in [0.2, 0.25) is 5.75 Å². The van der Waals surface area contributed by atoms with Gasteiger partial charge in [-0.05, 0) is 43.5 Å². The number of ether oxygens (including phenoxy) is 3. The van der Waals surface area contributed by atoms with Crippen molar-refractivity contribution in [2.75, 3.05) is 34.4 Å². The number of fused-ring (bicyclic) bond motifs is 1. The number of nitrogens with zero attached hydrogens (tertiary/aromatic N) is 4. The van der Waals surface area contributed by atoms with Gasteiger partial charge in [-0.1, -0.05) is 6.92 Å². The largest absolute Gasteiger partial charge is 0.493 e. The van der Waals surface area contributed by atoms with E-state index in [1.165, 1.54) is 0 Å². The minimum absolute atomic E-state index is 0.0369. The van der Waals surface area contributed by atoms with Crippen LogP contribution in [-0.2, 0) is 6.42 Å². The maximum atomic E-state index is 13.3. The number of imidazole rings is 1. The Bertz CT molecular complexity index is 1080. The van der Waals surface area contributed by atoms with E-state index in [2.05, 4.69) is 16.5 Å². The Morgan fingerprint density at radius 2 is 1.78 bits per heavy atom. The number of hydrogen-bond donors (Lipinski definition) is 0. The van der Waals surface area contributed by atoms with Gasteiger partial charge in [-0.15, -0.1) is 0 Å². The van der Waals surface area contributed by atoms with Gasteiger partial charge in [-0.25, -0.2) is 9.97 Å². The molecule has 1 amide bonds. The summed E-state index contributed by atoms with van der Waals surface area (Å²) in [5.74, 6) is 2.48. The average molecular weight is 439 g/mol. The number of amides is 1. The molecule has 0 spiro atoms. The van der Waals surface area contributed by atoms with E-state index in [4.69, 9.17) is 19.2 Å². The van der Waals surface area contributed by atoms with Gasteiger partial charge in [0, 0.05) is 37.3 Å². The Balaban J connectivity index is 1.54. The molecule has 2 aromatic heterocycles. The third kappa shape index (κ3) is 3.97. The highest BCUT2D eigenvalue weighted by molar-refractivity contribution is 5.95. The number of rotatable bonds is 7. The summed E-state index contributed by atoms with van der Waals surface area (Å²) in [4.78, 5) is 24.6. The van der Waals surface area contributed by atoms with Crippen molar-refractivity contribution in [3.63, 3.8) is 0 Å². The van der Waals surface area contributed by atoms with Crippen molar-refractivity contribution in [2.24, 2.45) is 0 Å². The zero-order chi connectivity index (χ0) is 22.7. The zero-order valence-electron chi connectivity index (χ0n) is 19.1. The third-order valence-corrected chi connectivity index (χ3v) is 6.02. The summed E-state index contributed by atoms with van der Waals surface area (Å²) in [7, 11) is 4.65. The van der Waals surface area contributed by atoms with Gasteiger partial charge in [0.25, 0.3) is 5.91 Å². The fraction of sp³-hybridized carbons (Fsp3) is 0.458. The van der Waals surface area contributed by atoms with E-state index >= 15 is 0 Å². The normalized spacial score (nSPS) is 14.6. The SMILES string of the molecule is CCCc1nc2cccnc2n1C1CCN(C(=O)c2cc(OC)c(OC)c(OC)c2)CC1. The lowest BCUT2D eigenvalue weighted by molar-refractivity contribution is 0.0694. The highest BCUT2D eigenvalue weighted by Gasteiger charge is 2.28. The van der Waals surface area contributed by atoms with Crippen molar-refractivity contribution in [2.45, 2.75) is 38.6 Å². The Morgan fingerprint density at radius 3 is 2.38 bits per heavy atom. The van der Waals surface area contributed by atoms with Crippen LogP contribution in [0.25, 0.3) is 11.2 Å². The fourth-order valence-corrected chi connectivity index (χ4v) is 4.47. The molecule has 8 nitrogen and oxygen atoms in total. The van der Waals surface area contributed by atoms with Gasteiger partial charge >= 0.3 is 0 Å². The monoisotopic (exact) mass is 438 g/mol. The van der Waals surface area contributed by atoms with Gasteiger partial charge in [0.05, 0.1) is 21.3 Å². The molecule has 1 aliphatic heterocycles. The number of benzene rings is 1. The molecular formula is C24H30N4O4. The first kappa shape index (κ1) is 21.9. The molecule has 0 unspecified atom stereocenters. The molecule has 0 atom stereocenters. The number of likely N-dealkylation sites (tertiary alicyclic amines) is 1. The molecule has 0 aliphatic carbocycles. The predicted octanol–water partition coefficient (Wildman–Crippen LogP) is 3.89. The smallest absolute Gasteiger partial charge is 0.254 e. The van der Waals surface area contributed by atoms with E-state index in [1.807, 2.05) is 23.2 Å². The highest BCUT2D eigenvalue weighted by atomic mass is 16.5. The number of carbonyl (C=O) groups excluding carboxylic acids is 1. The van der Waals surface area contributed by atoms with E-state index in [0.29, 0.717) is 35.9 Å². The summed E-state index contributed by atoms with van der Waals surface area (Å²) in [5.41, 5.74) is 2.40. The number of methoxy groups -OCH3 is 3. The van der Waals surface area contributed by atoms with Gasteiger partial charge in [-0.3, -0.25) is 4.79 Å². The van der Waals surface area contributed by atoms with E-state index < -0.39 is 0 Å². The van der Waals surface area contributed by atoms with E-state index in [1.54, 1.807) is 33.5 Å². The first-order valence-corrected chi connectivity index (χ1v) is 11.0. The molecule has 1 saturated heterocycles. The molecule has 170 valence electrons. The van der Waals surface area contributed by atoms with Crippen LogP contribution in [0.5, 0.6) is 17.2 Å². The van der Waals surface area contributed by atoms with Crippen molar-refractivity contribution in [1.82, 2.24) is 19.4 Å². The maximum absolute atomic E-state index is 13.3. The highest BCUT2D eigenvalue weighted by Crippen LogP contribution is 2.39. The van der Waals surface area contributed by atoms with Crippen LogP contribution in [0.4, 0.5) is 0 Å². The number of hydrogen-bond acceptors (Lipinski definition) is 6. The Morgan fingerprint density at radius 1 is 1.09 bits per heavy atom. The zero-order valence-corrected chi connectivity index (χ0v) is 19.1. The molecule has 0 N–H and O–H groups in total. The van der Waals surface area contributed by atoms with Crippen LogP contribution >= 0.6 is 0 Å². The number of piperidine rings is 1. The molecule has 4 rings (SSSR count). The molecule has 1 fully saturated rings. The molecule has 32 heavy (non-hydrogen) atoms. The van der Waals surface area contributed by atoms with E-state index in [9.17, 15) is 4.79 Å². The van der Waals surface area contributed by atoms with Crippen LogP contribution < -0.4 is 14.2 Å². The average Bonchev–Trinajstić information content (AvgIpc) is 3.20.